The average molecular weight is 388 g/mol. The zero-order chi connectivity index (χ0) is 20.1. The molecule has 0 aliphatic rings. The summed E-state index contributed by atoms with van der Waals surface area (Å²) in [6, 6.07) is 13.6. The van der Waals surface area contributed by atoms with Gasteiger partial charge in [-0.2, -0.15) is 0 Å². The van der Waals surface area contributed by atoms with Crippen LogP contribution in [0.1, 0.15) is 18.1 Å². The predicted octanol–water partition coefficient (Wildman–Crippen LogP) is 5.59. The molecule has 0 unspecified atom stereocenters. The maximum Gasteiger partial charge on any atom is 0.168 e. The van der Waals surface area contributed by atoms with Crippen molar-refractivity contribution in [1.29, 1.82) is 0 Å². The second-order valence-corrected chi connectivity index (χ2v) is 6.14. The van der Waals surface area contributed by atoms with Crippen LogP contribution in [0.4, 0.5) is 13.2 Å². The third-order valence-electron chi connectivity index (χ3n) is 4.21. The van der Waals surface area contributed by atoms with E-state index >= 15 is 0 Å². The number of hydrogen-bond acceptors (Lipinski definition) is 3. The van der Waals surface area contributed by atoms with Crippen molar-refractivity contribution in [2.45, 2.75) is 20.1 Å². The van der Waals surface area contributed by atoms with Crippen molar-refractivity contribution < 1.29 is 27.8 Å². The summed E-state index contributed by atoms with van der Waals surface area (Å²) in [6.45, 7) is 2.39. The van der Waals surface area contributed by atoms with Crippen LogP contribution in [0.3, 0.4) is 0 Å². The van der Waals surface area contributed by atoms with Crippen LogP contribution < -0.4 is 4.74 Å². The first-order valence-corrected chi connectivity index (χ1v) is 8.75. The lowest BCUT2D eigenvalue weighted by Gasteiger charge is -2.10. The Balaban J connectivity index is 1.71. The van der Waals surface area contributed by atoms with E-state index in [1.54, 1.807) is 31.2 Å². The van der Waals surface area contributed by atoms with Crippen LogP contribution in [0.25, 0.3) is 11.1 Å². The molecule has 0 aliphatic carbocycles. The van der Waals surface area contributed by atoms with Gasteiger partial charge in [-0.1, -0.05) is 36.4 Å². The molecule has 28 heavy (non-hydrogen) atoms. The molecule has 6 heteroatoms. The van der Waals surface area contributed by atoms with Crippen molar-refractivity contribution in [2.24, 2.45) is 0 Å². The van der Waals surface area contributed by atoms with Crippen LogP contribution >= 0.6 is 0 Å². The highest BCUT2D eigenvalue weighted by Gasteiger charge is 2.15. The fourth-order valence-corrected chi connectivity index (χ4v) is 2.66. The van der Waals surface area contributed by atoms with Crippen LogP contribution in [0, 0.1) is 17.5 Å². The fraction of sp³-hybridized carbons (Fsp3) is 0.182. The van der Waals surface area contributed by atoms with Gasteiger partial charge in [0.15, 0.2) is 23.2 Å². The first-order chi connectivity index (χ1) is 13.5. The Morgan fingerprint density at radius 1 is 0.857 bits per heavy atom. The molecule has 0 atom stereocenters. The van der Waals surface area contributed by atoms with Crippen molar-refractivity contribution >= 4 is 0 Å². The van der Waals surface area contributed by atoms with E-state index in [1.807, 2.05) is 0 Å². The van der Waals surface area contributed by atoms with Gasteiger partial charge in [0.05, 0.1) is 6.61 Å². The highest BCUT2D eigenvalue weighted by Crippen LogP contribution is 2.27. The van der Waals surface area contributed by atoms with Crippen LogP contribution in [-0.4, -0.2) is 11.7 Å². The summed E-state index contributed by atoms with van der Waals surface area (Å²) < 4.78 is 52.5. The number of aromatic hydroxyl groups is 1. The highest BCUT2D eigenvalue weighted by atomic mass is 19.2. The summed E-state index contributed by atoms with van der Waals surface area (Å²) in [6.07, 6.45) is 0. The van der Waals surface area contributed by atoms with Gasteiger partial charge in [-0.3, -0.25) is 0 Å². The second-order valence-electron chi connectivity index (χ2n) is 6.14. The topological polar surface area (TPSA) is 38.7 Å². The lowest BCUT2D eigenvalue weighted by molar-refractivity contribution is 0.131. The van der Waals surface area contributed by atoms with Crippen molar-refractivity contribution in [3.63, 3.8) is 0 Å². The molecule has 0 amide bonds. The summed E-state index contributed by atoms with van der Waals surface area (Å²) in [5.74, 6) is -2.76. The van der Waals surface area contributed by atoms with E-state index in [0.29, 0.717) is 12.2 Å². The van der Waals surface area contributed by atoms with Gasteiger partial charge in [0.2, 0.25) is 0 Å². The quantitative estimate of drug-likeness (QED) is 0.573. The molecule has 3 aromatic rings. The molecule has 0 bridgehead atoms. The van der Waals surface area contributed by atoms with Gasteiger partial charge in [-0.05, 0) is 30.2 Å². The fourth-order valence-electron chi connectivity index (χ4n) is 2.66. The second kappa shape index (κ2) is 8.80. The Morgan fingerprint density at radius 3 is 2.29 bits per heavy atom. The van der Waals surface area contributed by atoms with Crippen LogP contribution in [0.5, 0.6) is 11.5 Å². The van der Waals surface area contributed by atoms with Crippen molar-refractivity contribution in [3.8, 4) is 22.6 Å². The first-order valence-electron chi connectivity index (χ1n) is 8.75. The molecular formula is C22H19F3O3. The summed E-state index contributed by atoms with van der Waals surface area (Å²) in [7, 11) is 0. The van der Waals surface area contributed by atoms with Crippen LogP contribution in [0.15, 0.2) is 54.6 Å². The minimum Gasteiger partial charge on any atom is -0.505 e. The van der Waals surface area contributed by atoms with Gasteiger partial charge in [-0.15, -0.1) is 0 Å². The van der Waals surface area contributed by atoms with Gasteiger partial charge in [-0.25, -0.2) is 13.2 Å². The Hall–Kier alpha value is -2.99. The lowest BCUT2D eigenvalue weighted by atomic mass is 10.0. The van der Waals surface area contributed by atoms with E-state index in [9.17, 15) is 18.3 Å². The lowest BCUT2D eigenvalue weighted by Crippen LogP contribution is -2.00. The summed E-state index contributed by atoms with van der Waals surface area (Å²) in [5.41, 5.74) is 1.63. The molecule has 0 aliphatic heterocycles. The maximum atomic E-state index is 14.4. The maximum absolute atomic E-state index is 14.4. The van der Waals surface area contributed by atoms with E-state index in [0.717, 1.165) is 11.6 Å². The Labute approximate surface area is 161 Å². The zero-order valence-corrected chi connectivity index (χ0v) is 15.2. The molecule has 3 aromatic carbocycles. The minimum absolute atomic E-state index is 0.0215. The van der Waals surface area contributed by atoms with E-state index < -0.39 is 23.2 Å². The van der Waals surface area contributed by atoms with Crippen molar-refractivity contribution in [1.82, 2.24) is 0 Å². The van der Waals surface area contributed by atoms with Crippen LogP contribution in [0.2, 0.25) is 0 Å². The van der Waals surface area contributed by atoms with Gasteiger partial charge in [0.25, 0.3) is 0 Å². The zero-order valence-electron chi connectivity index (χ0n) is 15.2. The van der Waals surface area contributed by atoms with E-state index in [4.69, 9.17) is 9.47 Å². The van der Waals surface area contributed by atoms with E-state index in [1.165, 1.54) is 24.3 Å². The molecule has 0 spiro atoms. The standard InChI is InChI=1S/C22H19F3O3/c1-2-27-13-16-7-9-18(22(25)21(16)24)15-5-3-14(4-6-15)12-28-17-8-10-20(26)19(23)11-17/h3-11,26H,2,12-13H2,1H3. The van der Waals surface area contributed by atoms with E-state index in [2.05, 4.69) is 0 Å². The third-order valence-corrected chi connectivity index (χ3v) is 4.21. The molecule has 3 nitrogen and oxygen atoms in total. The number of phenols is 1. The molecule has 0 fully saturated rings. The Morgan fingerprint density at radius 2 is 1.61 bits per heavy atom. The monoisotopic (exact) mass is 388 g/mol. The first kappa shape index (κ1) is 19.8. The van der Waals surface area contributed by atoms with Gasteiger partial charge >= 0.3 is 0 Å². The number of rotatable bonds is 7. The van der Waals surface area contributed by atoms with Crippen molar-refractivity contribution in [3.05, 3.63) is 83.2 Å². The van der Waals surface area contributed by atoms with Gasteiger partial charge in [0, 0.05) is 23.8 Å². The van der Waals surface area contributed by atoms with Crippen LogP contribution in [-0.2, 0) is 18.0 Å². The largest absolute Gasteiger partial charge is 0.505 e. The number of ether oxygens (including phenoxy) is 2. The Kier molecular flexibility index (Phi) is 6.21. The SMILES string of the molecule is CCOCc1ccc(-c2ccc(COc3ccc(O)c(F)c3)cc2)c(F)c1F. The molecule has 3 rings (SSSR count). The summed E-state index contributed by atoms with van der Waals surface area (Å²) >= 11 is 0. The average Bonchev–Trinajstić information content (AvgIpc) is 2.70. The smallest absolute Gasteiger partial charge is 0.168 e. The van der Waals surface area contributed by atoms with Gasteiger partial charge < -0.3 is 14.6 Å². The van der Waals surface area contributed by atoms with E-state index in [-0.39, 0.29) is 30.1 Å². The summed E-state index contributed by atoms with van der Waals surface area (Å²) in [4.78, 5) is 0. The number of hydrogen-bond donors (Lipinski definition) is 1. The van der Waals surface area contributed by atoms with Crippen molar-refractivity contribution in [2.75, 3.05) is 6.61 Å². The predicted molar refractivity (Wildman–Crippen MR) is 99.5 cm³/mol. The number of phenolic OH excluding ortho intramolecular Hbond substituents is 1. The molecule has 0 saturated carbocycles. The molecule has 146 valence electrons. The number of halogens is 3. The molecule has 0 aromatic heterocycles. The molecule has 0 radical (unpaired) electrons. The summed E-state index contributed by atoms with van der Waals surface area (Å²) in [5, 5.41) is 9.17. The Bertz CT molecular complexity index is 956. The normalized spacial score (nSPS) is 10.9. The highest BCUT2D eigenvalue weighted by molar-refractivity contribution is 5.65. The third kappa shape index (κ3) is 4.46. The minimum atomic E-state index is -0.916. The molecule has 0 saturated heterocycles. The number of benzene rings is 3. The molecule has 0 heterocycles. The van der Waals surface area contributed by atoms with Gasteiger partial charge in [0.1, 0.15) is 12.4 Å². The molecular weight excluding hydrogens is 369 g/mol. The molecule has 1 N–H and O–H groups in total.